The van der Waals surface area contributed by atoms with Crippen LogP contribution < -0.4 is 10.0 Å². The molecule has 2 aromatic rings. The van der Waals surface area contributed by atoms with Crippen LogP contribution in [-0.2, 0) is 10.0 Å². The summed E-state index contributed by atoms with van der Waals surface area (Å²) in [6.45, 7) is 0. The molecular formula is C14H12F2N2O3S. The molecule has 0 aliphatic rings. The van der Waals surface area contributed by atoms with Crippen molar-refractivity contribution >= 4 is 21.6 Å². The van der Waals surface area contributed by atoms with Gasteiger partial charge in [-0.3, -0.25) is 9.52 Å². The van der Waals surface area contributed by atoms with E-state index in [1.807, 2.05) is 0 Å². The first-order valence-electron chi connectivity index (χ1n) is 6.13. The van der Waals surface area contributed by atoms with Gasteiger partial charge in [-0.1, -0.05) is 0 Å². The van der Waals surface area contributed by atoms with Crippen molar-refractivity contribution < 1.29 is 22.0 Å². The average molecular weight is 326 g/mol. The molecule has 2 aromatic carbocycles. The number of nitrogens with one attached hydrogen (secondary N) is 2. The van der Waals surface area contributed by atoms with E-state index in [-0.39, 0.29) is 11.6 Å². The van der Waals surface area contributed by atoms with Gasteiger partial charge in [-0.2, -0.15) is 0 Å². The van der Waals surface area contributed by atoms with Crippen LogP contribution in [-0.4, -0.2) is 21.4 Å². The Morgan fingerprint density at radius 3 is 2.05 bits per heavy atom. The third-order valence-electron chi connectivity index (χ3n) is 2.77. The fourth-order valence-corrected chi connectivity index (χ4v) is 2.83. The lowest BCUT2D eigenvalue weighted by Crippen LogP contribution is -2.18. The topological polar surface area (TPSA) is 75.3 Å². The van der Waals surface area contributed by atoms with Gasteiger partial charge in [0.1, 0.15) is 11.6 Å². The van der Waals surface area contributed by atoms with Gasteiger partial charge in [0.25, 0.3) is 15.9 Å². The number of benzene rings is 2. The van der Waals surface area contributed by atoms with Crippen LogP contribution in [0.15, 0.2) is 47.4 Å². The Labute approximate surface area is 126 Å². The number of rotatable bonds is 4. The Bertz CT molecular complexity index is 785. The molecule has 2 rings (SSSR count). The highest BCUT2D eigenvalue weighted by Gasteiger charge is 2.17. The summed E-state index contributed by atoms with van der Waals surface area (Å²) < 4.78 is 52.5. The maximum atomic E-state index is 13.1. The highest BCUT2D eigenvalue weighted by atomic mass is 32.2. The number of hydrogen-bond acceptors (Lipinski definition) is 3. The fraction of sp³-hybridized carbons (Fsp3) is 0.0714. The van der Waals surface area contributed by atoms with Crippen molar-refractivity contribution in [2.45, 2.75) is 4.90 Å². The fourth-order valence-electron chi connectivity index (χ4n) is 1.73. The molecule has 0 bridgehead atoms. The zero-order chi connectivity index (χ0) is 16.3. The maximum absolute atomic E-state index is 13.1. The van der Waals surface area contributed by atoms with Crippen molar-refractivity contribution in [3.63, 3.8) is 0 Å². The Balaban J connectivity index is 2.27. The van der Waals surface area contributed by atoms with Gasteiger partial charge >= 0.3 is 0 Å². The maximum Gasteiger partial charge on any atom is 0.262 e. The molecule has 0 heterocycles. The monoisotopic (exact) mass is 326 g/mol. The predicted octanol–water partition coefficient (Wildman–Crippen LogP) is 2.13. The van der Waals surface area contributed by atoms with E-state index in [2.05, 4.69) is 10.0 Å². The summed E-state index contributed by atoms with van der Waals surface area (Å²) in [7, 11) is -2.66. The number of halogens is 2. The number of carbonyl (C=O) groups is 1. The van der Waals surface area contributed by atoms with Gasteiger partial charge in [0.05, 0.1) is 4.90 Å². The molecule has 2 N–H and O–H groups in total. The Morgan fingerprint density at radius 1 is 1.00 bits per heavy atom. The summed E-state index contributed by atoms with van der Waals surface area (Å²) in [4.78, 5) is 10.8. The number of hydrogen-bond donors (Lipinski definition) is 2. The Morgan fingerprint density at radius 2 is 1.55 bits per heavy atom. The van der Waals surface area contributed by atoms with E-state index in [0.717, 1.165) is 0 Å². The molecule has 5 nitrogen and oxygen atoms in total. The minimum Gasteiger partial charge on any atom is -0.355 e. The summed E-state index contributed by atoms with van der Waals surface area (Å²) in [5.74, 6) is -2.30. The predicted molar refractivity (Wildman–Crippen MR) is 77.0 cm³/mol. The van der Waals surface area contributed by atoms with Crippen molar-refractivity contribution in [1.29, 1.82) is 0 Å². The van der Waals surface area contributed by atoms with E-state index < -0.39 is 26.6 Å². The van der Waals surface area contributed by atoms with Crippen molar-refractivity contribution in [2.24, 2.45) is 0 Å². The molecule has 1 amide bonds. The normalized spacial score (nSPS) is 11.0. The van der Waals surface area contributed by atoms with Crippen molar-refractivity contribution in [2.75, 3.05) is 11.8 Å². The van der Waals surface area contributed by atoms with E-state index >= 15 is 0 Å². The summed E-state index contributed by atoms with van der Waals surface area (Å²) in [5, 5.41) is 2.43. The Hall–Kier alpha value is -2.48. The lowest BCUT2D eigenvalue weighted by Gasteiger charge is -2.09. The van der Waals surface area contributed by atoms with Gasteiger partial charge in [-0.15, -0.1) is 0 Å². The van der Waals surface area contributed by atoms with Crippen molar-refractivity contribution in [3.05, 3.63) is 59.7 Å². The molecule has 0 atom stereocenters. The second kappa shape index (κ2) is 6.10. The van der Waals surface area contributed by atoms with Crippen LogP contribution >= 0.6 is 0 Å². The highest BCUT2D eigenvalue weighted by Crippen LogP contribution is 2.18. The van der Waals surface area contributed by atoms with E-state index in [0.29, 0.717) is 23.8 Å². The van der Waals surface area contributed by atoms with Gasteiger partial charge in [0, 0.05) is 24.4 Å². The molecular weight excluding hydrogens is 314 g/mol. The molecule has 0 radical (unpaired) electrons. The molecule has 0 fully saturated rings. The molecule has 8 heteroatoms. The molecule has 116 valence electrons. The van der Waals surface area contributed by atoms with Crippen molar-refractivity contribution in [3.8, 4) is 0 Å². The standard InChI is InChI=1S/C14H12F2N2O3S/c1-17-14(19)9-2-4-12(5-3-9)18-22(20,21)13-7-10(15)6-11(16)8-13/h2-8,18H,1H3,(H,17,19). The van der Waals surface area contributed by atoms with Crippen LogP contribution in [0.4, 0.5) is 14.5 Å². The van der Waals surface area contributed by atoms with E-state index in [9.17, 15) is 22.0 Å². The van der Waals surface area contributed by atoms with Crippen molar-refractivity contribution in [1.82, 2.24) is 5.32 Å². The largest absolute Gasteiger partial charge is 0.355 e. The number of amides is 1. The van der Waals surface area contributed by atoms with Gasteiger partial charge in [0.15, 0.2) is 0 Å². The highest BCUT2D eigenvalue weighted by molar-refractivity contribution is 7.92. The quantitative estimate of drug-likeness (QED) is 0.904. The third-order valence-corrected chi connectivity index (χ3v) is 4.13. The number of carbonyl (C=O) groups excluding carboxylic acids is 1. The summed E-state index contributed by atoms with van der Waals surface area (Å²) in [6.07, 6.45) is 0. The molecule has 22 heavy (non-hydrogen) atoms. The second-order valence-corrected chi connectivity index (χ2v) is 6.05. The SMILES string of the molecule is CNC(=O)c1ccc(NS(=O)(=O)c2cc(F)cc(F)c2)cc1. The summed E-state index contributed by atoms with van der Waals surface area (Å²) >= 11 is 0. The Kier molecular flexibility index (Phi) is 4.41. The molecule has 0 spiro atoms. The molecule has 0 aliphatic carbocycles. The van der Waals surface area contributed by atoms with E-state index in [1.165, 1.54) is 31.3 Å². The van der Waals surface area contributed by atoms with Crippen LogP contribution in [0.5, 0.6) is 0 Å². The average Bonchev–Trinajstić information content (AvgIpc) is 2.46. The lowest BCUT2D eigenvalue weighted by atomic mass is 10.2. The molecule has 0 aliphatic heterocycles. The van der Waals surface area contributed by atoms with Crippen LogP contribution in [0, 0.1) is 11.6 Å². The first-order valence-corrected chi connectivity index (χ1v) is 7.61. The van der Waals surface area contributed by atoms with E-state index in [1.54, 1.807) is 0 Å². The molecule has 0 saturated heterocycles. The smallest absolute Gasteiger partial charge is 0.262 e. The van der Waals surface area contributed by atoms with Gasteiger partial charge in [-0.25, -0.2) is 17.2 Å². The first kappa shape index (κ1) is 15.9. The number of sulfonamides is 1. The minimum atomic E-state index is -4.13. The van der Waals surface area contributed by atoms with E-state index in [4.69, 9.17) is 0 Å². The number of anilines is 1. The van der Waals surface area contributed by atoms with Gasteiger partial charge in [0.2, 0.25) is 0 Å². The van der Waals surface area contributed by atoms with Crippen LogP contribution in [0.2, 0.25) is 0 Å². The van der Waals surface area contributed by atoms with Crippen LogP contribution in [0.1, 0.15) is 10.4 Å². The molecule has 0 aromatic heterocycles. The minimum absolute atomic E-state index is 0.164. The summed E-state index contributed by atoms with van der Waals surface area (Å²) in [5.41, 5.74) is 0.513. The third kappa shape index (κ3) is 3.59. The summed E-state index contributed by atoms with van der Waals surface area (Å²) in [6, 6.07) is 7.59. The van der Waals surface area contributed by atoms with Gasteiger partial charge in [-0.05, 0) is 36.4 Å². The van der Waals surface area contributed by atoms with Crippen LogP contribution in [0.25, 0.3) is 0 Å². The van der Waals surface area contributed by atoms with Gasteiger partial charge < -0.3 is 5.32 Å². The molecule has 0 unspecified atom stereocenters. The van der Waals surface area contributed by atoms with Crippen LogP contribution in [0.3, 0.4) is 0 Å². The molecule has 0 saturated carbocycles. The second-order valence-electron chi connectivity index (χ2n) is 4.37. The zero-order valence-electron chi connectivity index (χ0n) is 11.4. The lowest BCUT2D eigenvalue weighted by molar-refractivity contribution is 0.0963. The first-order chi connectivity index (χ1) is 10.3. The zero-order valence-corrected chi connectivity index (χ0v) is 12.2.